The number of piperidine rings is 1. The molecule has 2 aliphatic heterocycles. The largest absolute Gasteiger partial charge is 0.387 e. The molecule has 148 valence electrons. The molecular weight excluding hydrogens is 352 g/mol. The van der Waals surface area contributed by atoms with Crippen molar-refractivity contribution in [2.45, 2.75) is 37.6 Å². The van der Waals surface area contributed by atoms with Gasteiger partial charge in [0.2, 0.25) is 0 Å². The highest BCUT2D eigenvalue weighted by Crippen LogP contribution is 2.35. The van der Waals surface area contributed by atoms with E-state index in [2.05, 4.69) is 4.90 Å². The summed E-state index contributed by atoms with van der Waals surface area (Å²) in [5.41, 5.74) is 1.58. The second-order valence-electron chi connectivity index (χ2n) is 7.93. The number of β-amino-alcohol motifs (C(OH)–C–C–N with tert-alkyl or cyclic N) is 1. The number of para-hydroxylation sites is 1. The van der Waals surface area contributed by atoms with Gasteiger partial charge in [0.1, 0.15) is 6.10 Å². The monoisotopic (exact) mass is 380 g/mol. The van der Waals surface area contributed by atoms with Gasteiger partial charge in [-0.3, -0.25) is 4.79 Å². The number of carbonyl (C=O) groups is 1. The maximum atomic E-state index is 12.7. The number of benzene rings is 2. The molecule has 0 saturated carbocycles. The highest BCUT2D eigenvalue weighted by molar-refractivity contribution is 5.97. The van der Waals surface area contributed by atoms with Gasteiger partial charge in [0.25, 0.3) is 5.91 Å². The van der Waals surface area contributed by atoms with Crippen LogP contribution < -0.4 is 4.90 Å². The molecule has 0 aliphatic carbocycles. The molecule has 2 aromatic carbocycles. The van der Waals surface area contributed by atoms with Gasteiger partial charge in [0, 0.05) is 25.3 Å². The molecule has 28 heavy (non-hydrogen) atoms. The fourth-order valence-corrected chi connectivity index (χ4v) is 4.32. The first-order chi connectivity index (χ1) is 13.6. The van der Waals surface area contributed by atoms with Crippen molar-refractivity contribution in [1.82, 2.24) is 4.90 Å². The summed E-state index contributed by atoms with van der Waals surface area (Å²) in [4.78, 5) is 16.8. The normalized spacial score (nSPS) is 23.7. The third-order valence-corrected chi connectivity index (χ3v) is 5.94. The lowest BCUT2D eigenvalue weighted by atomic mass is 9.88. The van der Waals surface area contributed by atoms with Crippen LogP contribution >= 0.6 is 0 Å². The van der Waals surface area contributed by atoms with E-state index < -0.39 is 12.2 Å². The Hall–Kier alpha value is -2.21. The zero-order valence-corrected chi connectivity index (χ0v) is 16.3. The Balaban J connectivity index is 1.41. The number of anilines is 1. The Morgan fingerprint density at radius 2 is 1.68 bits per heavy atom. The minimum absolute atomic E-state index is 0.0266. The number of morpholine rings is 1. The third-order valence-electron chi connectivity index (χ3n) is 5.94. The number of nitrogens with zero attached hydrogens (tertiary/aromatic N) is 2. The Labute approximate surface area is 166 Å². The van der Waals surface area contributed by atoms with Crippen molar-refractivity contribution in [1.29, 1.82) is 0 Å². The molecule has 1 N–H and O–H groups in total. The molecule has 2 fully saturated rings. The van der Waals surface area contributed by atoms with Gasteiger partial charge in [-0.2, -0.15) is 0 Å². The summed E-state index contributed by atoms with van der Waals surface area (Å²) in [6.07, 6.45) is 0.796. The highest BCUT2D eigenvalue weighted by atomic mass is 16.5. The van der Waals surface area contributed by atoms with E-state index in [0.29, 0.717) is 13.1 Å². The molecule has 5 nitrogen and oxygen atoms in total. The minimum Gasteiger partial charge on any atom is -0.387 e. The molecule has 0 radical (unpaired) electrons. The van der Waals surface area contributed by atoms with Crippen LogP contribution in [0, 0.1) is 0 Å². The summed E-state index contributed by atoms with van der Waals surface area (Å²) < 4.78 is 6.24. The minimum atomic E-state index is -0.483. The number of likely N-dealkylation sites (tertiary alicyclic amines) is 1. The highest BCUT2D eigenvalue weighted by Gasteiger charge is 2.45. The lowest BCUT2D eigenvalue weighted by Gasteiger charge is -2.49. The average Bonchev–Trinajstić information content (AvgIpc) is 2.74. The van der Waals surface area contributed by atoms with Crippen molar-refractivity contribution in [2.75, 3.05) is 31.1 Å². The van der Waals surface area contributed by atoms with Crippen LogP contribution in [0.3, 0.4) is 0 Å². The molecule has 2 saturated heterocycles. The van der Waals surface area contributed by atoms with Crippen molar-refractivity contribution < 1.29 is 14.6 Å². The summed E-state index contributed by atoms with van der Waals surface area (Å²) >= 11 is 0. The lowest BCUT2D eigenvalue weighted by molar-refractivity contribution is -0.162. The van der Waals surface area contributed by atoms with Gasteiger partial charge >= 0.3 is 0 Å². The van der Waals surface area contributed by atoms with Crippen LogP contribution in [0.5, 0.6) is 0 Å². The molecule has 1 amide bonds. The summed E-state index contributed by atoms with van der Waals surface area (Å²) in [6, 6.07) is 19.6. The summed E-state index contributed by atoms with van der Waals surface area (Å²) in [5, 5.41) is 10.5. The number of rotatable bonds is 4. The smallest absolute Gasteiger partial charge is 0.255 e. The topological polar surface area (TPSA) is 53.0 Å². The van der Waals surface area contributed by atoms with Gasteiger partial charge in [0.05, 0.1) is 18.2 Å². The number of ether oxygens (including phenoxy) is 1. The summed E-state index contributed by atoms with van der Waals surface area (Å²) in [7, 11) is 0. The zero-order chi connectivity index (χ0) is 19.6. The molecule has 2 aliphatic rings. The van der Waals surface area contributed by atoms with Crippen LogP contribution in [0.4, 0.5) is 5.69 Å². The van der Waals surface area contributed by atoms with Crippen LogP contribution in [-0.2, 0) is 9.53 Å². The van der Waals surface area contributed by atoms with Crippen LogP contribution in [0.25, 0.3) is 0 Å². The average molecular weight is 380 g/mol. The van der Waals surface area contributed by atoms with Crippen molar-refractivity contribution in [3.63, 3.8) is 0 Å². The van der Waals surface area contributed by atoms with Gasteiger partial charge in [-0.1, -0.05) is 48.5 Å². The van der Waals surface area contributed by atoms with E-state index in [1.165, 1.54) is 0 Å². The molecular formula is C23H28N2O3. The number of hydrogen-bond donors (Lipinski definition) is 1. The number of aliphatic hydroxyl groups excluding tert-OH is 1. The summed E-state index contributed by atoms with van der Waals surface area (Å²) in [6.45, 7) is 4.78. The standard InChI is InChI=1S/C23H28N2O3/c1-18-22(27)25(20-10-6-3-7-11-20)17-23(28-18)12-14-24(15-13-23)16-21(26)19-8-4-2-5-9-19/h2-11,18,21,26H,12-17H2,1H3/t18-,21+/m1/s1. The predicted molar refractivity (Wildman–Crippen MR) is 109 cm³/mol. The number of hydrogen-bond acceptors (Lipinski definition) is 4. The Bertz CT molecular complexity index is 788. The van der Waals surface area contributed by atoms with Gasteiger partial charge < -0.3 is 19.6 Å². The lowest BCUT2D eigenvalue weighted by Crippen LogP contribution is -2.61. The van der Waals surface area contributed by atoms with E-state index in [1.807, 2.05) is 72.5 Å². The molecule has 0 aromatic heterocycles. The van der Waals surface area contributed by atoms with Crippen molar-refractivity contribution >= 4 is 11.6 Å². The van der Waals surface area contributed by atoms with Crippen molar-refractivity contribution in [3.05, 3.63) is 66.2 Å². The molecule has 2 atom stereocenters. The first kappa shape index (κ1) is 19.1. The number of aliphatic hydroxyl groups is 1. The maximum absolute atomic E-state index is 12.7. The van der Waals surface area contributed by atoms with Crippen LogP contribution in [0.2, 0.25) is 0 Å². The van der Waals surface area contributed by atoms with Crippen LogP contribution in [0.15, 0.2) is 60.7 Å². The predicted octanol–water partition coefficient (Wildman–Crippen LogP) is 3.01. The van der Waals surface area contributed by atoms with E-state index in [-0.39, 0.29) is 11.5 Å². The maximum Gasteiger partial charge on any atom is 0.255 e. The van der Waals surface area contributed by atoms with Crippen molar-refractivity contribution in [2.24, 2.45) is 0 Å². The first-order valence-corrected chi connectivity index (χ1v) is 10.1. The molecule has 2 aromatic rings. The van der Waals surface area contributed by atoms with Crippen LogP contribution in [0.1, 0.15) is 31.4 Å². The third kappa shape index (κ3) is 3.97. The second-order valence-corrected chi connectivity index (χ2v) is 7.93. The SMILES string of the molecule is C[C@H]1OC2(CCN(C[C@H](O)c3ccccc3)CC2)CN(c2ccccc2)C1=O. The van der Waals surface area contributed by atoms with Gasteiger partial charge in [-0.25, -0.2) is 0 Å². The first-order valence-electron chi connectivity index (χ1n) is 10.1. The molecule has 5 heteroatoms. The van der Waals surface area contributed by atoms with Crippen LogP contribution in [-0.4, -0.2) is 53.8 Å². The quantitative estimate of drug-likeness (QED) is 0.886. The van der Waals surface area contributed by atoms with E-state index in [0.717, 1.165) is 37.2 Å². The van der Waals surface area contributed by atoms with E-state index >= 15 is 0 Å². The Kier molecular flexibility index (Phi) is 5.49. The molecule has 2 heterocycles. The second kappa shape index (κ2) is 8.03. The Morgan fingerprint density at radius 1 is 1.07 bits per heavy atom. The molecule has 1 spiro atoms. The van der Waals surface area contributed by atoms with Gasteiger partial charge in [-0.15, -0.1) is 0 Å². The molecule has 0 unspecified atom stereocenters. The summed E-state index contributed by atoms with van der Waals surface area (Å²) in [5.74, 6) is 0.0266. The molecule has 0 bridgehead atoms. The van der Waals surface area contributed by atoms with Gasteiger partial charge in [-0.05, 0) is 37.5 Å². The van der Waals surface area contributed by atoms with E-state index in [4.69, 9.17) is 4.74 Å². The van der Waals surface area contributed by atoms with E-state index in [1.54, 1.807) is 0 Å². The van der Waals surface area contributed by atoms with Gasteiger partial charge in [0.15, 0.2) is 0 Å². The number of carbonyl (C=O) groups excluding carboxylic acids is 1. The fraction of sp³-hybridized carbons (Fsp3) is 0.435. The van der Waals surface area contributed by atoms with E-state index in [9.17, 15) is 9.90 Å². The zero-order valence-electron chi connectivity index (χ0n) is 16.3. The fourth-order valence-electron chi connectivity index (χ4n) is 4.32. The molecule has 4 rings (SSSR count). The number of amides is 1. The Morgan fingerprint density at radius 3 is 2.32 bits per heavy atom. The van der Waals surface area contributed by atoms with Crippen molar-refractivity contribution in [3.8, 4) is 0 Å².